The summed E-state index contributed by atoms with van der Waals surface area (Å²) in [5, 5.41) is 0. The number of carbonyl (C=O) groups excluding carboxylic acids is 2. The van der Waals surface area contributed by atoms with Crippen molar-refractivity contribution in [3.63, 3.8) is 0 Å². The highest BCUT2D eigenvalue weighted by atomic mass is 16.5. The molecule has 0 aromatic rings. The van der Waals surface area contributed by atoms with E-state index < -0.39 is 0 Å². The number of nitrogens with two attached hydrogens (primary N) is 1. The average molecular weight is 256 g/mol. The number of amides is 1. The Kier molecular flexibility index (Phi) is 5.59. The number of carbonyl (C=O) groups is 2. The van der Waals surface area contributed by atoms with Crippen molar-refractivity contribution >= 4 is 11.9 Å². The molecule has 0 aromatic heterocycles. The minimum Gasteiger partial charge on any atom is -0.465 e. The second-order valence-corrected chi connectivity index (χ2v) is 4.90. The molecule has 18 heavy (non-hydrogen) atoms. The van der Waals surface area contributed by atoms with Crippen LogP contribution in [0.3, 0.4) is 0 Å². The van der Waals surface area contributed by atoms with Crippen LogP contribution in [0.25, 0.3) is 0 Å². The molecular weight excluding hydrogens is 232 g/mol. The Morgan fingerprint density at radius 3 is 2.56 bits per heavy atom. The van der Waals surface area contributed by atoms with Crippen LogP contribution >= 0.6 is 0 Å². The van der Waals surface area contributed by atoms with Crippen molar-refractivity contribution in [2.45, 2.75) is 52.1 Å². The molecule has 1 saturated heterocycles. The van der Waals surface area contributed by atoms with Gasteiger partial charge in [0.25, 0.3) is 0 Å². The SMILES string of the molecule is CCOC(=O)C(CC)N1CC(C(N)=O)CCC1C. The van der Waals surface area contributed by atoms with Crippen LogP contribution in [0.2, 0.25) is 0 Å². The Balaban J connectivity index is 2.75. The van der Waals surface area contributed by atoms with Crippen molar-refractivity contribution < 1.29 is 14.3 Å². The number of rotatable bonds is 5. The first-order valence-electron chi connectivity index (χ1n) is 6.72. The molecule has 1 rings (SSSR count). The number of primary amides is 1. The maximum absolute atomic E-state index is 11.9. The van der Waals surface area contributed by atoms with Gasteiger partial charge in [0.05, 0.1) is 12.5 Å². The molecule has 3 unspecified atom stereocenters. The van der Waals surface area contributed by atoms with Gasteiger partial charge in [-0.3, -0.25) is 14.5 Å². The van der Waals surface area contributed by atoms with Crippen molar-refractivity contribution in [2.75, 3.05) is 13.2 Å². The molecule has 0 aliphatic carbocycles. The lowest BCUT2D eigenvalue weighted by molar-refractivity contribution is -0.152. The second-order valence-electron chi connectivity index (χ2n) is 4.90. The van der Waals surface area contributed by atoms with Gasteiger partial charge in [0.1, 0.15) is 6.04 Å². The number of nitrogens with zero attached hydrogens (tertiary/aromatic N) is 1. The zero-order valence-corrected chi connectivity index (χ0v) is 11.5. The Labute approximate surface area is 109 Å². The van der Waals surface area contributed by atoms with Crippen molar-refractivity contribution in [3.05, 3.63) is 0 Å². The minimum absolute atomic E-state index is 0.148. The number of hydrogen-bond acceptors (Lipinski definition) is 4. The molecule has 5 heteroatoms. The van der Waals surface area contributed by atoms with Gasteiger partial charge in [-0.15, -0.1) is 0 Å². The van der Waals surface area contributed by atoms with Crippen LogP contribution < -0.4 is 5.73 Å². The summed E-state index contributed by atoms with van der Waals surface area (Å²) in [4.78, 5) is 25.3. The molecule has 0 aromatic carbocycles. The summed E-state index contributed by atoms with van der Waals surface area (Å²) in [6.07, 6.45) is 2.39. The maximum Gasteiger partial charge on any atom is 0.323 e. The van der Waals surface area contributed by atoms with E-state index >= 15 is 0 Å². The zero-order chi connectivity index (χ0) is 13.7. The van der Waals surface area contributed by atoms with Crippen molar-refractivity contribution in [3.8, 4) is 0 Å². The van der Waals surface area contributed by atoms with Crippen LogP contribution in [0.4, 0.5) is 0 Å². The molecule has 1 aliphatic heterocycles. The Morgan fingerprint density at radius 2 is 2.06 bits per heavy atom. The summed E-state index contributed by atoms with van der Waals surface area (Å²) < 4.78 is 5.10. The van der Waals surface area contributed by atoms with Gasteiger partial charge >= 0.3 is 5.97 Å². The fourth-order valence-electron chi connectivity index (χ4n) is 2.58. The fraction of sp³-hybridized carbons (Fsp3) is 0.846. The van der Waals surface area contributed by atoms with Gasteiger partial charge in [-0.1, -0.05) is 6.92 Å². The van der Waals surface area contributed by atoms with Gasteiger partial charge in [0.15, 0.2) is 0 Å². The molecule has 3 atom stereocenters. The van der Waals surface area contributed by atoms with Crippen LogP contribution in [-0.2, 0) is 14.3 Å². The van der Waals surface area contributed by atoms with Gasteiger partial charge in [-0.25, -0.2) is 0 Å². The van der Waals surface area contributed by atoms with Gasteiger partial charge < -0.3 is 10.5 Å². The molecule has 0 radical (unpaired) electrons. The normalized spacial score (nSPS) is 26.6. The van der Waals surface area contributed by atoms with Gasteiger partial charge in [-0.2, -0.15) is 0 Å². The summed E-state index contributed by atoms with van der Waals surface area (Å²) in [5.74, 6) is -0.618. The summed E-state index contributed by atoms with van der Waals surface area (Å²) in [6, 6.07) is 0.0251. The molecule has 5 nitrogen and oxygen atoms in total. The largest absolute Gasteiger partial charge is 0.465 e. The molecule has 1 fully saturated rings. The quantitative estimate of drug-likeness (QED) is 0.742. The molecule has 0 saturated carbocycles. The maximum atomic E-state index is 11.9. The molecular formula is C13H24N2O3. The summed E-state index contributed by atoms with van der Waals surface area (Å²) >= 11 is 0. The Hall–Kier alpha value is -1.10. The highest BCUT2D eigenvalue weighted by molar-refractivity contribution is 5.78. The van der Waals surface area contributed by atoms with E-state index in [0.717, 1.165) is 12.8 Å². The standard InChI is InChI=1S/C13H24N2O3/c1-4-11(13(17)18-5-2)15-8-10(12(14)16)7-6-9(15)3/h9-11H,4-8H2,1-3H3,(H2,14,16). The summed E-state index contributed by atoms with van der Waals surface area (Å²) in [5.41, 5.74) is 5.37. The highest BCUT2D eigenvalue weighted by Crippen LogP contribution is 2.25. The van der Waals surface area contributed by atoms with Crippen LogP contribution in [0.1, 0.15) is 40.0 Å². The first-order valence-corrected chi connectivity index (χ1v) is 6.72. The van der Waals surface area contributed by atoms with Gasteiger partial charge in [0.2, 0.25) is 5.91 Å². The molecule has 0 bridgehead atoms. The summed E-state index contributed by atoms with van der Waals surface area (Å²) in [7, 11) is 0. The van der Waals surface area contributed by atoms with E-state index in [4.69, 9.17) is 10.5 Å². The lowest BCUT2D eigenvalue weighted by Crippen LogP contribution is -2.53. The summed E-state index contributed by atoms with van der Waals surface area (Å²) in [6.45, 7) is 6.79. The van der Waals surface area contributed by atoms with Crippen molar-refractivity contribution in [1.29, 1.82) is 0 Å². The predicted octanol–water partition coefficient (Wildman–Crippen LogP) is 0.914. The number of hydrogen-bond donors (Lipinski definition) is 1. The van der Waals surface area contributed by atoms with E-state index in [1.165, 1.54) is 0 Å². The van der Waals surface area contributed by atoms with E-state index in [0.29, 0.717) is 19.6 Å². The van der Waals surface area contributed by atoms with Crippen LogP contribution in [0.5, 0.6) is 0 Å². The predicted molar refractivity (Wildman–Crippen MR) is 68.8 cm³/mol. The third-order valence-corrected chi connectivity index (χ3v) is 3.68. The third kappa shape index (κ3) is 3.45. The minimum atomic E-state index is -0.273. The second kappa shape index (κ2) is 6.73. The van der Waals surface area contributed by atoms with E-state index in [2.05, 4.69) is 11.8 Å². The molecule has 0 spiro atoms. The number of likely N-dealkylation sites (tertiary alicyclic amines) is 1. The lowest BCUT2D eigenvalue weighted by atomic mass is 9.91. The fourth-order valence-corrected chi connectivity index (χ4v) is 2.58. The zero-order valence-electron chi connectivity index (χ0n) is 11.5. The number of ether oxygens (including phenoxy) is 1. The molecule has 1 aliphatic rings. The molecule has 1 amide bonds. The monoisotopic (exact) mass is 256 g/mol. The van der Waals surface area contributed by atoms with E-state index in [1.54, 1.807) is 6.92 Å². The van der Waals surface area contributed by atoms with Crippen molar-refractivity contribution in [2.24, 2.45) is 11.7 Å². The van der Waals surface area contributed by atoms with E-state index in [9.17, 15) is 9.59 Å². The highest BCUT2D eigenvalue weighted by Gasteiger charge is 2.35. The van der Waals surface area contributed by atoms with Gasteiger partial charge in [-0.05, 0) is 33.1 Å². The smallest absolute Gasteiger partial charge is 0.323 e. The Morgan fingerprint density at radius 1 is 1.39 bits per heavy atom. The van der Waals surface area contributed by atoms with E-state index in [-0.39, 0.29) is 29.9 Å². The van der Waals surface area contributed by atoms with E-state index in [1.807, 2.05) is 6.92 Å². The topological polar surface area (TPSA) is 72.6 Å². The molecule has 2 N–H and O–H groups in total. The molecule has 1 heterocycles. The third-order valence-electron chi connectivity index (χ3n) is 3.68. The van der Waals surface area contributed by atoms with Crippen LogP contribution in [-0.4, -0.2) is 42.0 Å². The average Bonchev–Trinajstić information content (AvgIpc) is 2.32. The van der Waals surface area contributed by atoms with Crippen LogP contribution in [0, 0.1) is 5.92 Å². The number of esters is 1. The van der Waals surface area contributed by atoms with Crippen molar-refractivity contribution in [1.82, 2.24) is 4.90 Å². The Bertz CT molecular complexity index is 307. The van der Waals surface area contributed by atoms with Gasteiger partial charge in [0, 0.05) is 12.6 Å². The lowest BCUT2D eigenvalue weighted by Gasteiger charge is -2.40. The first kappa shape index (κ1) is 15.0. The first-order chi connectivity index (χ1) is 8.51. The molecule has 104 valence electrons. The number of piperidine rings is 1. The van der Waals surface area contributed by atoms with Crippen LogP contribution in [0.15, 0.2) is 0 Å².